The zero-order valence-corrected chi connectivity index (χ0v) is 11.6. The molecule has 102 valence electrons. The normalized spacial score (nSPS) is 10.3. The van der Waals surface area contributed by atoms with E-state index in [9.17, 15) is 4.79 Å². The highest BCUT2D eigenvalue weighted by molar-refractivity contribution is 5.88. The topological polar surface area (TPSA) is 77.2 Å². The Labute approximate surface area is 113 Å². The molecule has 0 atom stereocenters. The van der Waals surface area contributed by atoms with Crippen molar-refractivity contribution in [1.29, 1.82) is 5.26 Å². The molecular weight excluding hydrogens is 242 g/mol. The Hall–Kier alpha value is -2.09. The standard InChI is InChI=1S/C14H19N3O2/c1-10(2)9-17(6-4-5-15)13-8-12(14(18)19)7-11(3)16-13/h7-8,10H,4,6,9H2,1-3H3,(H,18,19). The Morgan fingerprint density at radius 3 is 2.74 bits per heavy atom. The number of carboxylic acid groups (broad SMARTS) is 1. The number of aromatic nitrogens is 1. The molecule has 0 fully saturated rings. The van der Waals surface area contributed by atoms with Crippen LogP contribution in [0.5, 0.6) is 0 Å². The van der Waals surface area contributed by atoms with E-state index in [0.29, 0.717) is 30.4 Å². The lowest BCUT2D eigenvalue weighted by Gasteiger charge is -2.25. The van der Waals surface area contributed by atoms with Crippen molar-refractivity contribution in [3.05, 3.63) is 23.4 Å². The van der Waals surface area contributed by atoms with Crippen LogP contribution in [0.15, 0.2) is 12.1 Å². The van der Waals surface area contributed by atoms with Crippen molar-refractivity contribution in [2.24, 2.45) is 5.92 Å². The average Bonchev–Trinajstić information content (AvgIpc) is 2.33. The first kappa shape index (κ1) is 15.0. The van der Waals surface area contributed by atoms with Gasteiger partial charge in [-0.25, -0.2) is 9.78 Å². The summed E-state index contributed by atoms with van der Waals surface area (Å²) in [5, 5.41) is 17.8. The maximum absolute atomic E-state index is 11.1. The molecule has 5 heteroatoms. The number of nitriles is 1. The van der Waals surface area contributed by atoms with E-state index >= 15 is 0 Å². The molecule has 0 saturated heterocycles. The Morgan fingerprint density at radius 1 is 1.53 bits per heavy atom. The van der Waals surface area contributed by atoms with Crippen LogP contribution in [-0.2, 0) is 0 Å². The second-order valence-electron chi connectivity index (χ2n) is 4.91. The predicted octanol–water partition coefficient (Wildman–Crippen LogP) is 2.46. The lowest BCUT2D eigenvalue weighted by Crippen LogP contribution is -2.29. The molecule has 1 aromatic rings. The maximum atomic E-state index is 11.1. The molecule has 0 bridgehead atoms. The summed E-state index contributed by atoms with van der Waals surface area (Å²) in [5.41, 5.74) is 0.897. The smallest absolute Gasteiger partial charge is 0.335 e. The average molecular weight is 261 g/mol. The molecule has 0 amide bonds. The van der Waals surface area contributed by atoms with Gasteiger partial charge in [0.05, 0.1) is 18.1 Å². The lowest BCUT2D eigenvalue weighted by molar-refractivity contribution is 0.0696. The fourth-order valence-electron chi connectivity index (χ4n) is 1.86. The summed E-state index contributed by atoms with van der Waals surface area (Å²) in [5.74, 6) is 0.0761. The minimum atomic E-state index is -0.962. The number of aromatic carboxylic acids is 1. The predicted molar refractivity (Wildman–Crippen MR) is 73.2 cm³/mol. The van der Waals surface area contributed by atoms with Crippen LogP contribution >= 0.6 is 0 Å². The molecule has 5 nitrogen and oxygen atoms in total. The van der Waals surface area contributed by atoms with Crippen molar-refractivity contribution in [2.75, 3.05) is 18.0 Å². The van der Waals surface area contributed by atoms with Gasteiger partial charge in [0.25, 0.3) is 0 Å². The summed E-state index contributed by atoms with van der Waals surface area (Å²) < 4.78 is 0. The van der Waals surface area contributed by atoms with E-state index in [2.05, 4.69) is 24.9 Å². The van der Waals surface area contributed by atoms with E-state index in [1.54, 1.807) is 19.1 Å². The zero-order chi connectivity index (χ0) is 14.4. The third-order valence-electron chi connectivity index (χ3n) is 2.59. The molecule has 0 aliphatic rings. The first-order valence-corrected chi connectivity index (χ1v) is 6.28. The summed E-state index contributed by atoms with van der Waals surface area (Å²) in [6.45, 7) is 7.23. The van der Waals surface area contributed by atoms with Crippen molar-refractivity contribution in [2.45, 2.75) is 27.2 Å². The van der Waals surface area contributed by atoms with Crippen LogP contribution in [0.4, 0.5) is 5.82 Å². The number of pyridine rings is 1. The first-order chi connectivity index (χ1) is 8.93. The van der Waals surface area contributed by atoms with E-state index in [1.165, 1.54) is 0 Å². The van der Waals surface area contributed by atoms with Gasteiger partial charge in [-0.05, 0) is 25.0 Å². The van der Waals surface area contributed by atoms with E-state index in [0.717, 1.165) is 6.54 Å². The van der Waals surface area contributed by atoms with Crippen molar-refractivity contribution in [3.63, 3.8) is 0 Å². The fourth-order valence-corrected chi connectivity index (χ4v) is 1.86. The van der Waals surface area contributed by atoms with Crippen molar-refractivity contribution in [1.82, 2.24) is 4.98 Å². The molecule has 19 heavy (non-hydrogen) atoms. The number of rotatable bonds is 6. The van der Waals surface area contributed by atoms with E-state index in [4.69, 9.17) is 10.4 Å². The Morgan fingerprint density at radius 2 is 2.21 bits per heavy atom. The van der Waals surface area contributed by atoms with Crippen molar-refractivity contribution in [3.8, 4) is 6.07 Å². The van der Waals surface area contributed by atoms with E-state index in [1.807, 2.05) is 4.90 Å². The molecule has 1 heterocycles. The van der Waals surface area contributed by atoms with Gasteiger partial charge in [0, 0.05) is 18.8 Å². The fraction of sp³-hybridized carbons (Fsp3) is 0.500. The summed E-state index contributed by atoms with van der Waals surface area (Å²) in [6.07, 6.45) is 0.394. The molecule has 0 saturated carbocycles. The molecule has 1 N–H and O–H groups in total. The van der Waals surface area contributed by atoms with Gasteiger partial charge >= 0.3 is 5.97 Å². The molecule has 0 radical (unpaired) electrons. The number of nitrogens with zero attached hydrogens (tertiary/aromatic N) is 3. The van der Waals surface area contributed by atoms with Crippen LogP contribution in [0.3, 0.4) is 0 Å². The number of carbonyl (C=O) groups is 1. The van der Waals surface area contributed by atoms with Gasteiger partial charge in [-0.1, -0.05) is 13.8 Å². The van der Waals surface area contributed by atoms with Crippen LogP contribution in [0.1, 0.15) is 36.3 Å². The van der Waals surface area contributed by atoms with Crippen LogP contribution in [-0.4, -0.2) is 29.1 Å². The Balaban J connectivity index is 3.06. The second kappa shape index (κ2) is 6.74. The number of hydrogen-bond acceptors (Lipinski definition) is 4. The van der Waals surface area contributed by atoms with Crippen LogP contribution in [0.25, 0.3) is 0 Å². The van der Waals surface area contributed by atoms with Crippen LogP contribution in [0, 0.1) is 24.2 Å². The Kier molecular flexibility index (Phi) is 5.31. The Bertz CT molecular complexity index is 492. The molecule has 1 rings (SSSR count). The number of carboxylic acids is 1. The third kappa shape index (κ3) is 4.59. The summed E-state index contributed by atoms with van der Waals surface area (Å²) in [6, 6.07) is 5.22. The number of anilines is 1. The maximum Gasteiger partial charge on any atom is 0.335 e. The highest BCUT2D eigenvalue weighted by Gasteiger charge is 2.13. The van der Waals surface area contributed by atoms with Crippen LogP contribution in [0.2, 0.25) is 0 Å². The second-order valence-corrected chi connectivity index (χ2v) is 4.91. The van der Waals surface area contributed by atoms with Gasteiger partial charge in [-0.2, -0.15) is 5.26 Å². The molecule has 0 spiro atoms. The molecule has 1 aromatic heterocycles. The highest BCUT2D eigenvalue weighted by atomic mass is 16.4. The van der Waals surface area contributed by atoms with Crippen molar-refractivity contribution < 1.29 is 9.90 Å². The van der Waals surface area contributed by atoms with Crippen molar-refractivity contribution >= 4 is 11.8 Å². The summed E-state index contributed by atoms with van der Waals surface area (Å²) in [7, 11) is 0. The lowest BCUT2D eigenvalue weighted by atomic mass is 10.1. The molecular formula is C14H19N3O2. The minimum Gasteiger partial charge on any atom is -0.478 e. The third-order valence-corrected chi connectivity index (χ3v) is 2.59. The number of hydrogen-bond donors (Lipinski definition) is 1. The number of aryl methyl sites for hydroxylation is 1. The minimum absolute atomic E-state index is 0.230. The zero-order valence-electron chi connectivity index (χ0n) is 11.6. The van der Waals surface area contributed by atoms with Gasteiger partial charge in [0.15, 0.2) is 0 Å². The molecule has 0 aliphatic heterocycles. The summed E-state index contributed by atoms with van der Waals surface area (Å²) in [4.78, 5) is 17.4. The van der Waals surface area contributed by atoms with Gasteiger partial charge in [0.1, 0.15) is 5.82 Å². The molecule has 0 unspecified atom stereocenters. The van der Waals surface area contributed by atoms with Crippen LogP contribution < -0.4 is 4.90 Å². The monoisotopic (exact) mass is 261 g/mol. The van der Waals surface area contributed by atoms with E-state index < -0.39 is 5.97 Å². The van der Waals surface area contributed by atoms with Gasteiger partial charge in [-0.15, -0.1) is 0 Å². The summed E-state index contributed by atoms with van der Waals surface area (Å²) >= 11 is 0. The van der Waals surface area contributed by atoms with E-state index in [-0.39, 0.29) is 5.56 Å². The quantitative estimate of drug-likeness (QED) is 0.851. The molecule has 0 aromatic carbocycles. The molecule has 0 aliphatic carbocycles. The van der Waals surface area contributed by atoms with Gasteiger partial charge < -0.3 is 10.0 Å². The highest BCUT2D eigenvalue weighted by Crippen LogP contribution is 2.17. The SMILES string of the molecule is Cc1cc(C(=O)O)cc(N(CCC#N)CC(C)C)n1. The first-order valence-electron chi connectivity index (χ1n) is 6.28. The van der Waals surface area contributed by atoms with Gasteiger partial charge in [0.2, 0.25) is 0 Å². The largest absolute Gasteiger partial charge is 0.478 e. The van der Waals surface area contributed by atoms with Gasteiger partial charge in [-0.3, -0.25) is 0 Å².